The molecule has 1 aliphatic heterocycles. The molecule has 3 atom stereocenters. The normalized spacial score (nSPS) is 31.1. The molecule has 17 heavy (non-hydrogen) atoms. The monoisotopic (exact) mass is 234 g/mol. The van der Waals surface area contributed by atoms with Gasteiger partial charge in [0.15, 0.2) is 0 Å². The summed E-state index contributed by atoms with van der Waals surface area (Å²) in [5.74, 6) is 0.394. The Morgan fingerprint density at radius 2 is 2.06 bits per heavy atom. The largest absolute Gasteiger partial charge is 0.390 e. The van der Waals surface area contributed by atoms with E-state index in [1.807, 2.05) is 6.07 Å². The Balaban J connectivity index is 1.98. The zero-order chi connectivity index (χ0) is 12.3. The molecule has 1 aliphatic rings. The summed E-state index contributed by atoms with van der Waals surface area (Å²) >= 11 is 0. The molecule has 94 valence electrons. The number of hydrogen-bond acceptors (Lipinski definition) is 3. The molecule has 1 fully saturated rings. The number of rotatable bonds is 2. The first-order valence-electron chi connectivity index (χ1n) is 6.36. The van der Waals surface area contributed by atoms with Crippen LogP contribution in [0.4, 0.5) is 0 Å². The summed E-state index contributed by atoms with van der Waals surface area (Å²) in [7, 11) is 0. The van der Waals surface area contributed by atoms with E-state index in [0.717, 1.165) is 19.5 Å². The van der Waals surface area contributed by atoms with E-state index in [9.17, 15) is 5.11 Å². The van der Waals surface area contributed by atoms with Gasteiger partial charge in [-0.25, -0.2) is 0 Å². The average Bonchev–Trinajstić information content (AvgIpc) is 2.45. The van der Waals surface area contributed by atoms with Crippen molar-refractivity contribution in [2.45, 2.75) is 32.0 Å². The van der Waals surface area contributed by atoms with E-state index in [1.165, 1.54) is 5.56 Å². The second-order valence-electron chi connectivity index (χ2n) is 5.13. The third kappa shape index (κ3) is 3.28. The Morgan fingerprint density at radius 1 is 1.35 bits per heavy atom. The Labute approximate surface area is 103 Å². The average molecular weight is 234 g/mol. The molecule has 1 heterocycles. The van der Waals surface area contributed by atoms with Gasteiger partial charge in [-0.1, -0.05) is 37.3 Å². The van der Waals surface area contributed by atoms with Gasteiger partial charge in [-0.2, -0.15) is 0 Å². The number of benzene rings is 1. The van der Waals surface area contributed by atoms with E-state index < -0.39 is 6.10 Å². The van der Waals surface area contributed by atoms with Crippen LogP contribution in [0.25, 0.3) is 0 Å². The highest BCUT2D eigenvalue weighted by Gasteiger charge is 2.27. The molecular formula is C14H22N2O. The van der Waals surface area contributed by atoms with Crippen LogP contribution in [0.5, 0.6) is 0 Å². The van der Waals surface area contributed by atoms with Crippen molar-refractivity contribution in [1.29, 1.82) is 0 Å². The van der Waals surface area contributed by atoms with Gasteiger partial charge in [0.1, 0.15) is 0 Å². The lowest BCUT2D eigenvalue weighted by Crippen LogP contribution is -2.43. The van der Waals surface area contributed by atoms with Gasteiger partial charge in [-0.05, 0) is 24.4 Å². The zero-order valence-corrected chi connectivity index (χ0v) is 10.4. The van der Waals surface area contributed by atoms with Crippen molar-refractivity contribution in [3.8, 4) is 0 Å². The SMILES string of the molecule is C[C@@H]1CCN(Cc2ccccc2)C[C@H](O)[C@@H]1N. The molecule has 0 saturated carbocycles. The lowest BCUT2D eigenvalue weighted by Gasteiger charge is -2.23. The third-order valence-corrected chi connectivity index (χ3v) is 3.70. The van der Waals surface area contributed by atoms with Crippen molar-refractivity contribution < 1.29 is 5.11 Å². The molecule has 0 aromatic heterocycles. The zero-order valence-electron chi connectivity index (χ0n) is 10.4. The molecule has 3 nitrogen and oxygen atoms in total. The minimum Gasteiger partial charge on any atom is -0.390 e. The first kappa shape index (κ1) is 12.6. The number of β-amino-alcohol motifs (C(OH)–C–C–N with tert-alkyl or cyclic N) is 1. The highest BCUT2D eigenvalue weighted by molar-refractivity contribution is 5.14. The first-order chi connectivity index (χ1) is 8.16. The quantitative estimate of drug-likeness (QED) is 0.809. The molecule has 0 aliphatic carbocycles. The Hall–Kier alpha value is -0.900. The summed E-state index contributed by atoms with van der Waals surface area (Å²) in [6.07, 6.45) is 0.654. The Kier molecular flexibility index (Phi) is 4.15. The van der Waals surface area contributed by atoms with Gasteiger partial charge in [0.2, 0.25) is 0 Å². The fourth-order valence-corrected chi connectivity index (χ4v) is 2.42. The molecule has 1 aromatic carbocycles. The third-order valence-electron chi connectivity index (χ3n) is 3.70. The van der Waals surface area contributed by atoms with Crippen LogP contribution in [0.1, 0.15) is 18.9 Å². The summed E-state index contributed by atoms with van der Waals surface area (Å²) in [6.45, 7) is 4.72. The fraction of sp³-hybridized carbons (Fsp3) is 0.571. The summed E-state index contributed by atoms with van der Waals surface area (Å²) in [6, 6.07) is 10.3. The number of nitrogens with two attached hydrogens (primary N) is 1. The van der Waals surface area contributed by atoms with E-state index in [0.29, 0.717) is 12.5 Å². The molecule has 0 unspecified atom stereocenters. The highest BCUT2D eigenvalue weighted by atomic mass is 16.3. The summed E-state index contributed by atoms with van der Waals surface area (Å²) < 4.78 is 0. The molecule has 1 saturated heterocycles. The molecule has 3 heteroatoms. The van der Waals surface area contributed by atoms with Crippen molar-refractivity contribution >= 4 is 0 Å². The number of hydrogen-bond donors (Lipinski definition) is 2. The van der Waals surface area contributed by atoms with Crippen molar-refractivity contribution in [2.75, 3.05) is 13.1 Å². The van der Waals surface area contributed by atoms with Crippen LogP contribution in [0.15, 0.2) is 30.3 Å². The van der Waals surface area contributed by atoms with Crippen LogP contribution < -0.4 is 5.73 Å². The fourth-order valence-electron chi connectivity index (χ4n) is 2.42. The van der Waals surface area contributed by atoms with E-state index >= 15 is 0 Å². The van der Waals surface area contributed by atoms with Gasteiger partial charge in [0, 0.05) is 19.1 Å². The van der Waals surface area contributed by atoms with Gasteiger partial charge < -0.3 is 10.8 Å². The van der Waals surface area contributed by atoms with Crippen LogP contribution >= 0.6 is 0 Å². The van der Waals surface area contributed by atoms with Crippen LogP contribution in [0.2, 0.25) is 0 Å². The summed E-state index contributed by atoms with van der Waals surface area (Å²) in [5, 5.41) is 10.0. The first-order valence-corrected chi connectivity index (χ1v) is 6.36. The smallest absolute Gasteiger partial charge is 0.0820 e. The van der Waals surface area contributed by atoms with Gasteiger partial charge in [-0.15, -0.1) is 0 Å². The standard InChI is InChI=1S/C14H22N2O/c1-11-7-8-16(10-13(17)14(11)15)9-12-5-3-2-4-6-12/h2-6,11,13-14,17H,7-10,15H2,1H3/t11-,13+,14-/m1/s1. The van der Waals surface area contributed by atoms with Crippen LogP contribution in [0, 0.1) is 5.92 Å². The predicted molar refractivity (Wildman–Crippen MR) is 69.5 cm³/mol. The second kappa shape index (κ2) is 5.63. The molecule has 0 radical (unpaired) electrons. The Morgan fingerprint density at radius 3 is 2.76 bits per heavy atom. The number of likely N-dealkylation sites (tertiary alicyclic amines) is 1. The Bertz CT molecular complexity index is 341. The topological polar surface area (TPSA) is 49.5 Å². The number of aliphatic hydroxyl groups is 1. The molecule has 3 N–H and O–H groups in total. The molecule has 0 bridgehead atoms. The van der Waals surface area contributed by atoms with Gasteiger partial charge >= 0.3 is 0 Å². The van der Waals surface area contributed by atoms with Gasteiger partial charge in [0.25, 0.3) is 0 Å². The number of nitrogens with zero attached hydrogens (tertiary/aromatic N) is 1. The molecular weight excluding hydrogens is 212 g/mol. The maximum absolute atomic E-state index is 10.0. The summed E-state index contributed by atoms with van der Waals surface area (Å²) in [5.41, 5.74) is 7.29. The molecule has 0 spiro atoms. The predicted octanol–water partition coefficient (Wildman–Crippen LogP) is 1.22. The molecule has 2 rings (SSSR count). The van der Waals surface area contributed by atoms with Crippen LogP contribution in [-0.4, -0.2) is 35.2 Å². The summed E-state index contributed by atoms with van der Waals surface area (Å²) in [4.78, 5) is 2.30. The van der Waals surface area contributed by atoms with Crippen LogP contribution in [0.3, 0.4) is 0 Å². The van der Waals surface area contributed by atoms with E-state index in [4.69, 9.17) is 5.73 Å². The number of aliphatic hydroxyl groups excluding tert-OH is 1. The molecule has 0 amide bonds. The van der Waals surface area contributed by atoms with Crippen LogP contribution in [-0.2, 0) is 6.54 Å². The lowest BCUT2D eigenvalue weighted by molar-refractivity contribution is 0.0964. The minimum atomic E-state index is -0.406. The second-order valence-corrected chi connectivity index (χ2v) is 5.13. The van der Waals surface area contributed by atoms with Gasteiger partial charge in [-0.3, -0.25) is 4.90 Å². The maximum Gasteiger partial charge on any atom is 0.0820 e. The minimum absolute atomic E-state index is 0.0872. The van der Waals surface area contributed by atoms with E-state index in [1.54, 1.807) is 0 Å². The van der Waals surface area contributed by atoms with E-state index in [-0.39, 0.29) is 6.04 Å². The highest BCUT2D eigenvalue weighted by Crippen LogP contribution is 2.18. The lowest BCUT2D eigenvalue weighted by atomic mass is 9.96. The molecule has 1 aromatic rings. The van der Waals surface area contributed by atoms with Crippen molar-refractivity contribution in [1.82, 2.24) is 4.90 Å². The van der Waals surface area contributed by atoms with Crippen molar-refractivity contribution in [3.63, 3.8) is 0 Å². The maximum atomic E-state index is 10.0. The van der Waals surface area contributed by atoms with Crippen molar-refractivity contribution in [3.05, 3.63) is 35.9 Å². The van der Waals surface area contributed by atoms with Gasteiger partial charge in [0.05, 0.1) is 6.10 Å². The van der Waals surface area contributed by atoms with Crippen molar-refractivity contribution in [2.24, 2.45) is 11.7 Å². The van der Waals surface area contributed by atoms with E-state index in [2.05, 4.69) is 36.1 Å².